The Morgan fingerprint density at radius 2 is 0.933 bits per heavy atom. The Kier molecular flexibility index (Phi) is 8.55. The molecule has 0 aromatic rings. The average Bonchev–Trinajstić information content (AvgIpc) is 2.51. The van der Waals surface area contributed by atoms with E-state index in [9.17, 15) is 78.8 Å². The summed E-state index contributed by atoms with van der Waals surface area (Å²) in [5.41, 5.74) is 0. The maximum atomic E-state index is 13.2. The summed E-state index contributed by atoms with van der Waals surface area (Å²) in [5, 5.41) is -7.80. The summed E-state index contributed by atoms with van der Waals surface area (Å²) in [7, 11) is -8.02. The van der Waals surface area contributed by atoms with E-state index in [1.807, 2.05) is 0 Å². The Balaban J connectivity index is 0. The van der Waals surface area contributed by atoms with Crippen molar-refractivity contribution in [2.45, 2.75) is 60.3 Å². The fourth-order valence-corrected chi connectivity index (χ4v) is 2.04. The molecule has 176 valence electrons. The van der Waals surface area contributed by atoms with E-state index in [-0.39, 0.29) is 25.8 Å². The molecule has 0 saturated carbocycles. The van der Waals surface area contributed by atoms with Crippen LogP contribution in [0, 0.1) is 0 Å². The topological polar surface area (TPSA) is 57.2 Å². The van der Waals surface area contributed by atoms with Gasteiger partial charge in [-0.05, 0) is 6.42 Å². The molecular formula is C10H6F15LiO3S. The molecule has 3 nitrogen and oxygen atoms in total. The molecule has 0 aromatic carbocycles. The van der Waals surface area contributed by atoms with E-state index >= 15 is 0 Å². The molecule has 0 saturated heterocycles. The van der Waals surface area contributed by atoms with Crippen LogP contribution < -0.4 is 18.9 Å². The molecule has 0 spiro atoms. The van der Waals surface area contributed by atoms with Gasteiger partial charge in [-0.25, -0.2) is 12.8 Å². The predicted molar refractivity (Wildman–Crippen MR) is 59.5 cm³/mol. The van der Waals surface area contributed by atoms with Gasteiger partial charge in [0, 0.05) is 0 Å². The molecule has 0 heterocycles. The van der Waals surface area contributed by atoms with Crippen LogP contribution in [-0.4, -0.2) is 59.9 Å². The molecule has 1 atom stereocenters. The van der Waals surface area contributed by atoms with Gasteiger partial charge in [-0.3, -0.25) is 0 Å². The summed E-state index contributed by atoms with van der Waals surface area (Å²) < 4.78 is 226. The molecule has 30 heavy (non-hydrogen) atoms. The molecule has 0 amide bonds. The zero-order valence-corrected chi connectivity index (χ0v) is 14.9. The molecule has 1 unspecified atom stereocenters. The van der Waals surface area contributed by atoms with Crippen LogP contribution in [0.15, 0.2) is 0 Å². The maximum Gasteiger partial charge on any atom is 1.00 e. The molecule has 0 radical (unpaired) electrons. The Labute approximate surface area is 168 Å². The van der Waals surface area contributed by atoms with Gasteiger partial charge in [0.25, 0.3) is 0 Å². The van der Waals surface area contributed by atoms with Gasteiger partial charge in [-0.15, -0.1) is 0 Å². The molecule has 0 rings (SSSR count). The quantitative estimate of drug-likeness (QED) is 0.277. The fraction of sp³-hybridized carbons (Fsp3) is 1.00. The van der Waals surface area contributed by atoms with Crippen LogP contribution in [0.25, 0.3) is 0 Å². The standard InChI is InChI=1S/C10H7F15O3S.Li/c1-2-3(11)4(12,13)5(14,15)6(16,17)7(18,19)8(20,21)9(22,23)10(24,25)29(26,27)28;/h3H,2H2,1H3,(H,26,27,28);/q;+1/p-1. The molecule has 0 aliphatic heterocycles. The summed E-state index contributed by atoms with van der Waals surface area (Å²) in [6.45, 7) is 0.257. The second kappa shape index (κ2) is 8.10. The first-order valence-corrected chi connectivity index (χ1v) is 7.88. The van der Waals surface area contributed by atoms with Crippen molar-refractivity contribution >= 4 is 10.1 Å². The van der Waals surface area contributed by atoms with E-state index < -0.39 is 63.5 Å². The van der Waals surface area contributed by atoms with Crippen molar-refractivity contribution in [3.8, 4) is 0 Å². The van der Waals surface area contributed by atoms with Gasteiger partial charge in [-0.2, -0.15) is 61.5 Å². The van der Waals surface area contributed by atoms with Gasteiger partial charge in [0.05, 0.1) is 0 Å². The number of halogens is 15. The average molecular weight is 498 g/mol. The van der Waals surface area contributed by atoms with Crippen LogP contribution in [0.5, 0.6) is 0 Å². The molecule has 0 bridgehead atoms. The van der Waals surface area contributed by atoms with Gasteiger partial charge in [0.15, 0.2) is 16.3 Å². The van der Waals surface area contributed by atoms with Crippen molar-refractivity contribution in [1.82, 2.24) is 0 Å². The van der Waals surface area contributed by atoms with Gasteiger partial charge in [0.1, 0.15) is 0 Å². The Hall–Kier alpha value is -0.543. The molecule has 20 heteroatoms. The summed E-state index contributed by atoms with van der Waals surface area (Å²) >= 11 is 0. The smallest absolute Gasteiger partial charge is 0.743 e. The van der Waals surface area contributed by atoms with Crippen molar-refractivity contribution in [3.05, 3.63) is 0 Å². The van der Waals surface area contributed by atoms with Crippen LogP contribution in [0.2, 0.25) is 0 Å². The predicted octanol–water partition coefficient (Wildman–Crippen LogP) is 1.69. The third kappa shape index (κ3) is 3.87. The first-order valence-electron chi connectivity index (χ1n) is 6.47. The summed E-state index contributed by atoms with van der Waals surface area (Å²) in [6.07, 6.45) is -6.25. The van der Waals surface area contributed by atoms with E-state index in [0.717, 1.165) is 0 Å². The van der Waals surface area contributed by atoms with Crippen molar-refractivity contribution in [2.75, 3.05) is 0 Å². The normalized spacial score (nSPS) is 16.8. The Morgan fingerprint density at radius 1 is 0.667 bits per heavy atom. The van der Waals surface area contributed by atoms with E-state index in [1.54, 1.807) is 0 Å². The van der Waals surface area contributed by atoms with Crippen molar-refractivity contribution in [3.63, 3.8) is 0 Å². The number of hydrogen-bond acceptors (Lipinski definition) is 3. The molecule has 0 aliphatic carbocycles. The van der Waals surface area contributed by atoms with Crippen LogP contribution in [0.4, 0.5) is 65.9 Å². The number of hydrogen-bond donors (Lipinski definition) is 0. The number of alkyl halides is 15. The molecular weight excluding hydrogens is 492 g/mol. The second-order valence-corrected chi connectivity index (χ2v) is 6.76. The maximum absolute atomic E-state index is 13.2. The summed E-state index contributed by atoms with van der Waals surface area (Å²) in [5.74, 6) is -48.6. The van der Waals surface area contributed by atoms with Crippen LogP contribution in [0.1, 0.15) is 13.3 Å². The zero-order valence-electron chi connectivity index (χ0n) is 14.1. The van der Waals surface area contributed by atoms with E-state index in [1.165, 1.54) is 0 Å². The molecule has 0 aliphatic rings. The van der Waals surface area contributed by atoms with Gasteiger partial charge in [-0.1, -0.05) is 6.92 Å². The SMILES string of the molecule is CCC(F)C(F)(F)C(F)(F)C(F)(F)C(F)(F)C(F)(F)C(F)(F)C(F)(F)S(=O)(=O)[O-].[Li+]. The van der Waals surface area contributed by atoms with E-state index in [4.69, 9.17) is 0 Å². The van der Waals surface area contributed by atoms with E-state index in [0.29, 0.717) is 0 Å². The van der Waals surface area contributed by atoms with Crippen molar-refractivity contribution in [1.29, 1.82) is 0 Å². The van der Waals surface area contributed by atoms with Crippen LogP contribution in [-0.2, 0) is 10.1 Å². The third-order valence-corrected chi connectivity index (χ3v) is 4.31. The van der Waals surface area contributed by atoms with Gasteiger partial charge < -0.3 is 4.55 Å². The monoisotopic (exact) mass is 498 g/mol. The summed E-state index contributed by atoms with van der Waals surface area (Å²) in [6, 6.07) is 0. The third-order valence-electron chi connectivity index (χ3n) is 3.43. The Morgan fingerprint density at radius 3 is 1.20 bits per heavy atom. The minimum absolute atomic E-state index is 0. The zero-order chi connectivity index (χ0) is 24.3. The Bertz CT molecular complexity index is 720. The number of rotatable bonds is 9. The van der Waals surface area contributed by atoms with Crippen molar-refractivity contribution < 1.29 is 97.7 Å². The summed E-state index contributed by atoms with van der Waals surface area (Å²) in [4.78, 5) is 0. The largest absolute Gasteiger partial charge is 1.00 e. The van der Waals surface area contributed by atoms with Crippen LogP contribution >= 0.6 is 0 Å². The minimum atomic E-state index is -8.57. The molecule has 0 fully saturated rings. The second-order valence-electron chi connectivity index (χ2n) is 5.34. The molecule has 0 N–H and O–H groups in total. The first kappa shape index (κ1) is 31.6. The van der Waals surface area contributed by atoms with Crippen molar-refractivity contribution in [2.24, 2.45) is 0 Å². The minimum Gasteiger partial charge on any atom is -0.743 e. The van der Waals surface area contributed by atoms with Gasteiger partial charge in [0.2, 0.25) is 0 Å². The fourth-order valence-electron chi connectivity index (χ4n) is 1.59. The first-order chi connectivity index (χ1) is 12.2. The molecule has 0 aromatic heterocycles. The van der Waals surface area contributed by atoms with Gasteiger partial charge >= 0.3 is 59.7 Å². The van der Waals surface area contributed by atoms with E-state index in [2.05, 4.69) is 0 Å². The van der Waals surface area contributed by atoms with Crippen LogP contribution in [0.3, 0.4) is 0 Å².